The highest BCUT2D eigenvalue weighted by molar-refractivity contribution is 7.99. The van der Waals surface area contributed by atoms with Crippen molar-refractivity contribution in [2.45, 2.75) is 30.3 Å². The first-order valence-corrected chi connectivity index (χ1v) is 8.21. The van der Waals surface area contributed by atoms with Crippen LogP contribution in [0.25, 0.3) is 0 Å². The van der Waals surface area contributed by atoms with Crippen molar-refractivity contribution in [1.82, 2.24) is 0 Å². The van der Waals surface area contributed by atoms with Gasteiger partial charge in [-0.2, -0.15) is 0 Å². The van der Waals surface area contributed by atoms with Crippen LogP contribution in [0.4, 0.5) is 0 Å². The molecule has 0 spiro atoms. The molecule has 0 aliphatic carbocycles. The van der Waals surface area contributed by atoms with E-state index in [0.29, 0.717) is 6.42 Å². The lowest BCUT2D eigenvalue weighted by Gasteiger charge is -2.20. The first kappa shape index (κ1) is 14.5. The lowest BCUT2D eigenvalue weighted by atomic mass is 9.90. The summed E-state index contributed by atoms with van der Waals surface area (Å²) < 4.78 is 5.42. The van der Waals surface area contributed by atoms with E-state index < -0.39 is 0 Å². The highest BCUT2D eigenvalue weighted by atomic mass is 32.2. The number of thioether (sulfide) groups is 1. The van der Waals surface area contributed by atoms with Crippen molar-refractivity contribution in [2.75, 3.05) is 12.9 Å². The predicted molar refractivity (Wildman–Crippen MR) is 87.3 cm³/mol. The van der Waals surface area contributed by atoms with Gasteiger partial charge < -0.3 is 9.84 Å². The third-order valence-electron chi connectivity index (χ3n) is 4.07. The minimum Gasteiger partial charge on any atom is -0.496 e. The molecule has 1 aliphatic rings. The molecule has 21 heavy (non-hydrogen) atoms. The molecule has 0 radical (unpaired) electrons. The standard InChI is InChI=1S/C18H20O2S/c1-12-7-8-17(20-2)13(9-12)10-16(19)15-11-21-18-6-4-3-5-14(15)18/h3-9,15-16,19H,10-11H2,1-2H3. The molecule has 110 valence electrons. The fraction of sp³-hybridized carbons (Fsp3) is 0.333. The van der Waals surface area contributed by atoms with Crippen molar-refractivity contribution in [2.24, 2.45) is 0 Å². The van der Waals surface area contributed by atoms with Gasteiger partial charge in [-0.25, -0.2) is 0 Å². The third kappa shape index (κ3) is 2.94. The second-order valence-corrected chi connectivity index (χ2v) is 6.60. The topological polar surface area (TPSA) is 29.5 Å². The molecule has 0 amide bonds. The van der Waals surface area contributed by atoms with Gasteiger partial charge in [0.2, 0.25) is 0 Å². The van der Waals surface area contributed by atoms with Crippen LogP contribution >= 0.6 is 11.8 Å². The number of hydrogen-bond donors (Lipinski definition) is 1. The fourth-order valence-corrected chi connectivity index (χ4v) is 4.26. The van der Waals surface area contributed by atoms with Gasteiger partial charge in [0.25, 0.3) is 0 Å². The predicted octanol–water partition coefficient (Wildman–Crippen LogP) is 3.80. The number of methoxy groups -OCH3 is 1. The average Bonchev–Trinajstić information content (AvgIpc) is 2.91. The van der Waals surface area contributed by atoms with Crippen molar-refractivity contribution < 1.29 is 9.84 Å². The molecule has 2 aromatic rings. The van der Waals surface area contributed by atoms with Gasteiger partial charge in [0.1, 0.15) is 5.75 Å². The number of benzene rings is 2. The largest absolute Gasteiger partial charge is 0.496 e. The Labute approximate surface area is 130 Å². The Morgan fingerprint density at radius 1 is 1.29 bits per heavy atom. The second-order valence-electron chi connectivity index (χ2n) is 5.54. The van der Waals surface area contributed by atoms with E-state index in [1.54, 1.807) is 7.11 Å². The summed E-state index contributed by atoms with van der Waals surface area (Å²) in [6.45, 7) is 2.07. The molecule has 0 bridgehead atoms. The van der Waals surface area contributed by atoms with Gasteiger partial charge >= 0.3 is 0 Å². The normalized spacial score (nSPS) is 18.3. The number of aliphatic hydroxyl groups excluding tert-OH is 1. The molecule has 2 aromatic carbocycles. The molecular weight excluding hydrogens is 280 g/mol. The summed E-state index contributed by atoms with van der Waals surface area (Å²) in [5.41, 5.74) is 3.56. The fourth-order valence-electron chi connectivity index (χ4n) is 2.94. The summed E-state index contributed by atoms with van der Waals surface area (Å²) in [7, 11) is 1.68. The zero-order chi connectivity index (χ0) is 14.8. The number of ether oxygens (including phenoxy) is 1. The zero-order valence-electron chi connectivity index (χ0n) is 12.4. The van der Waals surface area contributed by atoms with E-state index in [1.165, 1.54) is 16.0 Å². The quantitative estimate of drug-likeness (QED) is 0.931. The first-order chi connectivity index (χ1) is 10.2. The average molecular weight is 300 g/mol. The van der Waals surface area contributed by atoms with Gasteiger partial charge in [0.15, 0.2) is 0 Å². The van der Waals surface area contributed by atoms with E-state index in [9.17, 15) is 5.11 Å². The van der Waals surface area contributed by atoms with Gasteiger partial charge in [-0.15, -0.1) is 11.8 Å². The molecule has 0 saturated heterocycles. The van der Waals surface area contributed by atoms with Crippen LogP contribution in [-0.2, 0) is 6.42 Å². The van der Waals surface area contributed by atoms with Crippen LogP contribution in [0.15, 0.2) is 47.4 Å². The van der Waals surface area contributed by atoms with E-state index in [0.717, 1.165) is 17.1 Å². The Balaban J connectivity index is 1.82. The lowest BCUT2D eigenvalue weighted by molar-refractivity contribution is 0.150. The minimum absolute atomic E-state index is 0.205. The Hall–Kier alpha value is -1.45. The molecule has 0 fully saturated rings. The van der Waals surface area contributed by atoms with Crippen LogP contribution < -0.4 is 4.74 Å². The van der Waals surface area contributed by atoms with Gasteiger partial charge in [-0.3, -0.25) is 0 Å². The molecule has 1 heterocycles. The van der Waals surface area contributed by atoms with Crippen molar-refractivity contribution >= 4 is 11.8 Å². The molecule has 3 rings (SSSR count). The summed E-state index contributed by atoms with van der Waals surface area (Å²) in [6, 6.07) is 14.5. The van der Waals surface area contributed by atoms with Crippen molar-refractivity contribution in [3.05, 3.63) is 59.2 Å². The van der Waals surface area contributed by atoms with Crippen molar-refractivity contribution in [1.29, 1.82) is 0 Å². The summed E-state index contributed by atoms with van der Waals surface area (Å²) >= 11 is 1.84. The van der Waals surface area contributed by atoms with Crippen LogP contribution in [0.3, 0.4) is 0 Å². The smallest absolute Gasteiger partial charge is 0.122 e. The summed E-state index contributed by atoms with van der Waals surface area (Å²) in [5, 5.41) is 10.7. The van der Waals surface area contributed by atoms with E-state index in [4.69, 9.17) is 4.74 Å². The highest BCUT2D eigenvalue weighted by Crippen LogP contribution is 2.42. The molecule has 0 saturated carbocycles. The molecule has 1 aliphatic heterocycles. The minimum atomic E-state index is -0.378. The van der Waals surface area contributed by atoms with Gasteiger partial charge in [-0.1, -0.05) is 35.9 Å². The molecule has 2 atom stereocenters. The molecule has 0 aromatic heterocycles. The summed E-state index contributed by atoms with van der Waals surface area (Å²) in [4.78, 5) is 1.30. The van der Waals surface area contributed by atoms with Crippen molar-refractivity contribution in [3.8, 4) is 5.75 Å². The van der Waals surface area contributed by atoms with E-state index >= 15 is 0 Å². The van der Waals surface area contributed by atoms with Gasteiger partial charge in [0.05, 0.1) is 13.2 Å². The number of rotatable bonds is 4. The molecular formula is C18H20O2S. The van der Waals surface area contributed by atoms with Gasteiger partial charge in [0, 0.05) is 23.0 Å². The SMILES string of the molecule is COc1ccc(C)cc1CC(O)C1CSc2ccccc21. The van der Waals surface area contributed by atoms with Crippen LogP contribution in [0, 0.1) is 6.92 Å². The maximum absolute atomic E-state index is 10.7. The summed E-state index contributed by atoms with van der Waals surface area (Å²) in [5.74, 6) is 2.02. The lowest BCUT2D eigenvalue weighted by Crippen LogP contribution is -2.21. The second kappa shape index (κ2) is 6.12. The van der Waals surface area contributed by atoms with Crippen LogP contribution in [0.5, 0.6) is 5.75 Å². The Morgan fingerprint density at radius 3 is 2.90 bits per heavy atom. The monoisotopic (exact) mass is 300 g/mol. The van der Waals surface area contributed by atoms with E-state index in [2.05, 4.69) is 37.3 Å². The van der Waals surface area contributed by atoms with Crippen LogP contribution in [0.2, 0.25) is 0 Å². The number of hydrogen-bond acceptors (Lipinski definition) is 3. The molecule has 3 heteroatoms. The number of aryl methyl sites for hydroxylation is 1. The van der Waals surface area contributed by atoms with Gasteiger partial charge in [-0.05, 0) is 30.2 Å². The zero-order valence-corrected chi connectivity index (χ0v) is 13.2. The Morgan fingerprint density at radius 2 is 2.10 bits per heavy atom. The number of fused-ring (bicyclic) bond motifs is 1. The van der Waals surface area contributed by atoms with Crippen LogP contribution in [0.1, 0.15) is 22.6 Å². The molecule has 2 unspecified atom stereocenters. The summed E-state index contributed by atoms with van der Waals surface area (Å²) in [6.07, 6.45) is 0.251. The maximum Gasteiger partial charge on any atom is 0.122 e. The van der Waals surface area contributed by atoms with E-state index in [1.807, 2.05) is 23.9 Å². The van der Waals surface area contributed by atoms with E-state index in [-0.39, 0.29) is 12.0 Å². The Kier molecular flexibility index (Phi) is 4.22. The molecule has 2 nitrogen and oxygen atoms in total. The highest BCUT2D eigenvalue weighted by Gasteiger charge is 2.29. The Bertz CT molecular complexity index is 639. The van der Waals surface area contributed by atoms with Crippen LogP contribution in [-0.4, -0.2) is 24.1 Å². The first-order valence-electron chi connectivity index (χ1n) is 7.22. The van der Waals surface area contributed by atoms with Crippen molar-refractivity contribution in [3.63, 3.8) is 0 Å². The molecule has 1 N–H and O–H groups in total. The number of aliphatic hydroxyl groups is 1. The third-order valence-corrected chi connectivity index (χ3v) is 5.27. The maximum atomic E-state index is 10.7.